The normalized spacial score (nSPS) is 14.8. The lowest BCUT2D eigenvalue weighted by molar-refractivity contribution is -0.118. The summed E-state index contributed by atoms with van der Waals surface area (Å²) in [6.07, 6.45) is 9.75. The van der Waals surface area contributed by atoms with Crippen molar-refractivity contribution in [2.45, 2.75) is 39.0 Å². The van der Waals surface area contributed by atoms with Crippen LogP contribution >= 0.6 is 0 Å². The molecule has 92 valence electrons. The Morgan fingerprint density at radius 2 is 1.88 bits per heavy atom. The summed E-state index contributed by atoms with van der Waals surface area (Å²) in [5, 5.41) is 0. The van der Waals surface area contributed by atoms with Crippen molar-refractivity contribution in [3.05, 3.63) is 12.4 Å². The van der Waals surface area contributed by atoms with Gasteiger partial charge in [0.1, 0.15) is 0 Å². The number of hydrogen-bond acceptors (Lipinski definition) is 3. The van der Waals surface area contributed by atoms with Gasteiger partial charge in [-0.2, -0.15) is 0 Å². The number of nitrogens with two attached hydrogens (primary N) is 1. The standard InChI is InChI=1S/C12H23N3O/c1-2-3-4-5-7-14-9-10-15(11-14)8-6-12(13)16/h9-10H,2-8,11H2,1H3,(H2,13,16). The Morgan fingerprint density at radius 3 is 2.50 bits per heavy atom. The highest BCUT2D eigenvalue weighted by Gasteiger charge is 2.11. The lowest BCUT2D eigenvalue weighted by Gasteiger charge is -2.20. The summed E-state index contributed by atoms with van der Waals surface area (Å²) < 4.78 is 0. The van der Waals surface area contributed by atoms with Crippen LogP contribution in [0.25, 0.3) is 0 Å². The third-order valence-electron chi connectivity index (χ3n) is 2.80. The quantitative estimate of drug-likeness (QED) is 0.637. The van der Waals surface area contributed by atoms with E-state index < -0.39 is 0 Å². The van der Waals surface area contributed by atoms with Gasteiger partial charge in [-0.05, 0) is 6.42 Å². The van der Waals surface area contributed by atoms with Crippen LogP contribution in [-0.4, -0.2) is 35.5 Å². The zero-order chi connectivity index (χ0) is 11.8. The SMILES string of the molecule is CCCCCCN1C=CN(CCC(N)=O)C1. The Balaban J connectivity index is 2.06. The van der Waals surface area contributed by atoms with E-state index in [-0.39, 0.29) is 5.91 Å². The number of carbonyl (C=O) groups is 1. The molecule has 2 N–H and O–H groups in total. The monoisotopic (exact) mass is 225 g/mol. The predicted octanol–water partition coefficient (Wildman–Crippen LogP) is 1.49. The van der Waals surface area contributed by atoms with Crippen LogP contribution in [0.3, 0.4) is 0 Å². The molecule has 1 amide bonds. The number of unbranched alkanes of at least 4 members (excludes halogenated alkanes) is 3. The minimum atomic E-state index is -0.227. The van der Waals surface area contributed by atoms with Gasteiger partial charge in [0.05, 0.1) is 6.67 Å². The number of nitrogens with zero attached hydrogens (tertiary/aromatic N) is 2. The number of amides is 1. The first-order valence-electron chi connectivity index (χ1n) is 6.17. The minimum absolute atomic E-state index is 0.227. The summed E-state index contributed by atoms with van der Waals surface area (Å²) in [6.45, 7) is 4.97. The Hall–Kier alpha value is -1.19. The van der Waals surface area contributed by atoms with Crippen molar-refractivity contribution in [2.24, 2.45) is 5.73 Å². The van der Waals surface area contributed by atoms with E-state index in [0.29, 0.717) is 6.42 Å². The molecule has 0 aromatic heterocycles. The number of carbonyl (C=O) groups excluding carboxylic acids is 1. The van der Waals surface area contributed by atoms with Gasteiger partial charge in [0.25, 0.3) is 0 Å². The summed E-state index contributed by atoms with van der Waals surface area (Å²) in [5.41, 5.74) is 5.12. The van der Waals surface area contributed by atoms with E-state index in [1.54, 1.807) is 0 Å². The van der Waals surface area contributed by atoms with E-state index in [1.165, 1.54) is 25.7 Å². The van der Waals surface area contributed by atoms with Crippen molar-refractivity contribution in [2.75, 3.05) is 19.8 Å². The van der Waals surface area contributed by atoms with Crippen molar-refractivity contribution in [3.8, 4) is 0 Å². The molecule has 1 heterocycles. The van der Waals surface area contributed by atoms with Gasteiger partial charge in [0, 0.05) is 31.9 Å². The molecule has 0 aromatic rings. The molecule has 0 atom stereocenters. The Bertz CT molecular complexity index is 240. The topological polar surface area (TPSA) is 49.6 Å². The van der Waals surface area contributed by atoms with Gasteiger partial charge in [-0.25, -0.2) is 0 Å². The number of primary amides is 1. The van der Waals surface area contributed by atoms with Crippen molar-refractivity contribution in [1.29, 1.82) is 0 Å². The highest BCUT2D eigenvalue weighted by molar-refractivity contribution is 5.73. The van der Waals surface area contributed by atoms with E-state index in [2.05, 4.69) is 22.9 Å². The van der Waals surface area contributed by atoms with E-state index in [0.717, 1.165) is 19.8 Å². The summed E-state index contributed by atoms with van der Waals surface area (Å²) in [6, 6.07) is 0. The van der Waals surface area contributed by atoms with Crippen molar-refractivity contribution < 1.29 is 4.79 Å². The van der Waals surface area contributed by atoms with Crippen LogP contribution in [0.1, 0.15) is 39.0 Å². The van der Waals surface area contributed by atoms with Crippen molar-refractivity contribution in [1.82, 2.24) is 9.80 Å². The second-order valence-corrected chi connectivity index (χ2v) is 4.34. The molecule has 1 aliphatic heterocycles. The largest absolute Gasteiger partial charge is 0.370 e. The van der Waals surface area contributed by atoms with Crippen LogP contribution in [0.4, 0.5) is 0 Å². The predicted molar refractivity (Wildman–Crippen MR) is 65.4 cm³/mol. The van der Waals surface area contributed by atoms with Crippen LogP contribution in [0.15, 0.2) is 12.4 Å². The lowest BCUT2D eigenvalue weighted by Crippen LogP contribution is -2.28. The lowest BCUT2D eigenvalue weighted by atomic mass is 10.2. The van der Waals surface area contributed by atoms with E-state index >= 15 is 0 Å². The zero-order valence-electron chi connectivity index (χ0n) is 10.2. The zero-order valence-corrected chi connectivity index (χ0v) is 10.2. The van der Waals surface area contributed by atoms with E-state index in [9.17, 15) is 4.79 Å². The second kappa shape index (κ2) is 7.14. The van der Waals surface area contributed by atoms with E-state index in [4.69, 9.17) is 5.73 Å². The maximum atomic E-state index is 10.6. The molecule has 1 aliphatic rings. The third-order valence-corrected chi connectivity index (χ3v) is 2.80. The molecule has 0 bridgehead atoms. The van der Waals surface area contributed by atoms with Gasteiger partial charge in [-0.1, -0.05) is 26.2 Å². The Labute approximate surface area is 98.1 Å². The summed E-state index contributed by atoms with van der Waals surface area (Å²) in [4.78, 5) is 15.1. The van der Waals surface area contributed by atoms with Gasteiger partial charge >= 0.3 is 0 Å². The fraction of sp³-hybridized carbons (Fsp3) is 0.750. The van der Waals surface area contributed by atoms with Gasteiger partial charge in [0.15, 0.2) is 0 Å². The Morgan fingerprint density at radius 1 is 1.19 bits per heavy atom. The summed E-state index contributed by atoms with van der Waals surface area (Å²) in [5.74, 6) is -0.227. The molecule has 4 heteroatoms. The highest BCUT2D eigenvalue weighted by atomic mass is 16.1. The summed E-state index contributed by atoms with van der Waals surface area (Å²) in [7, 11) is 0. The average molecular weight is 225 g/mol. The second-order valence-electron chi connectivity index (χ2n) is 4.34. The number of rotatable bonds is 8. The van der Waals surface area contributed by atoms with Crippen LogP contribution in [0, 0.1) is 0 Å². The molecule has 4 nitrogen and oxygen atoms in total. The van der Waals surface area contributed by atoms with Gasteiger partial charge in [-0.15, -0.1) is 0 Å². The molecule has 1 rings (SSSR count). The fourth-order valence-corrected chi connectivity index (χ4v) is 1.80. The van der Waals surface area contributed by atoms with Gasteiger partial charge < -0.3 is 15.5 Å². The molecule has 0 saturated carbocycles. The Kier molecular flexibility index (Phi) is 5.75. The molecule has 0 aliphatic carbocycles. The van der Waals surface area contributed by atoms with Crippen LogP contribution in [0.2, 0.25) is 0 Å². The molecule has 0 aromatic carbocycles. The smallest absolute Gasteiger partial charge is 0.219 e. The highest BCUT2D eigenvalue weighted by Crippen LogP contribution is 2.09. The van der Waals surface area contributed by atoms with Crippen LogP contribution in [0.5, 0.6) is 0 Å². The minimum Gasteiger partial charge on any atom is -0.370 e. The molecular formula is C12H23N3O. The number of hydrogen-bond donors (Lipinski definition) is 1. The molecule has 0 saturated heterocycles. The van der Waals surface area contributed by atoms with Crippen LogP contribution in [-0.2, 0) is 4.79 Å². The molecular weight excluding hydrogens is 202 g/mol. The maximum absolute atomic E-state index is 10.6. The summed E-state index contributed by atoms with van der Waals surface area (Å²) >= 11 is 0. The van der Waals surface area contributed by atoms with Crippen LogP contribution < -0.4 is 5.73 Å². The first-order valence-corrected chi connectivity index (χ1v) is 6.17. The van der Waals surface area contributed by atoms with Gasteiger partial charge in [0.2, 0.25) is 5.91 Å². The maximum Gasteiger partial charge on any atom is 0.219 e. The van der Waals surface area contributed by atoms with Crippen molar-refractivity contribution >= 4 is 5.91 Å². The average Bonchev–Trinajstić information content (AvgIpc) is 2.70. The molecule has 0 unspecified atom stereocenters. The first kappa shape index (κ1) is 12.9. The fourth-order valence-electron chi connectivity index (χ4n) is 1.80. The molecule has 0 radical (unpaired) electrons. The third kappa shape index (κ3) is 5.05. The van der Waals surface area contributed by atoms with Crippen molar-refractivity contribution in [3.63, 3.8) is 0 Å². The molecule has 16 heavy (non-hydrogen) atoms. The van der Waals surface area contributed by atoms with E-state index in [1.807, 2.05) is 6.20 Å². The van der Waals surface area contributed by atoms with Gasteiger partial charge in [-0.3, -0.25) is 4.79 Å². The molecule has 0 spiro atoms. The molecule has 0 fully saturated rings. The first-order chi connectivity index (χ1) is 7.72.